The second kappa shape index (κ2) is 10.2. The Hall–Kier alpha value is -3.44. The van der Waals surface area contributed by atoms with E-state index in [2.05, 4.69) is 48.6 Å². The Kier molecular flexibility index (Phi) is 6.97. The SMILES string of the molecule is CCCc1sc(NC(=O)Cc2ccc(OC)cc2)nc1-c1ccc(-c2ccccc2)cc1. The van der Waals surface area contributed by atoms with Crippen LogP contribution in [0.1, 0.15) is 23.8 Å². The van der Waals surface area contributed by atoms with Crippen LogP contribution in [-0.4, -0.2) is 18.0 Å². The van der Waals surface area contributed by atoms with Crippen molar-refractivity contribution in [2.75, 3.05) is 12.4 Å². The third-order valence-corrected chi connectivity index (χ3v) is 6.24. The highest BCUT2D eigenvalue weighted by Crippen LogP contribution is 2.33. The van der Waals surface area contributed by atoms with Crippen molar-refractivity contribution >= 4 is 22.4 Å². The zero-order valence-electron chi connectivity index (χ0n) is 18.3. The fourth-order valence-electron chi connectivity index (χ4n) is 3.57. The molecule has 4 rings (SSSR count). The van der Waals surface area contributed by atoms with E-state index >= 15 is 0 Å². The topological polar surface area (TPSA) is 51.2 Å². The maximum absolute atomic E-state index is 12.6. The summed E-state index contributed by atoms with van der Waals surface area (Å²) < 4.78 is 5.17. The van der Waals surface area contributed by atoms with Gasteiger partial charge >= 0.3 is 0 Å². The number of carbonyl (C=O) groups excluding carboxylic acids is 1. The molecular formula is C27H26N2O2S. The summed E-state index contributed by atoms with van der Waals surface area (Å²) in [6, 6.07) is 26.3. The van der Waals surface area contributed by atoms with Gasteiger partial charge in [0.2, 0.25) is 5.91 Å². The standard InChI is InChI=1S/C27H26N2O2S/c1-3-7-24-26(22-14-12-21(13-15-22)20-8-5-4-6-9-20)29-27(32-24)28-25(30)18-19-10-16-23(31-2)17-11-19/h4-6,8-17H,3,7,18H2,1-2H3,(H,28,29,30). The molecule has 32 heavy (non-hydrogen) atoms. The molecule has 0 aliphatic carbocycles. The van der Waals surface area contributed by atoms with E-state index in [4.69, 9.17) is 9.72 Å². The summed E-state index contributed by atoms with van der Waals surface area (Å²) in [6.45, 7) is 2.16. The molecule has 0 atom stereocenters. The van der Waals surface area contributed by atoms with Crippen LogP contribution in [0.4, 0.5) is 5.13 Å². The van der Waals surface area contributed by atoms with Crippen LogP contribution in [0.25, 0.3) is 22.4 Å². The normalized spacial score (nSPS) is 10.7. The minimum atomic E-state index is -0.0714. The highest BCUT2D eigenvalue weighted by Gasteiger charge is 2.15. The summed E-state index contributed by atoms with van der Waals surface area (Å²) in [5.74, 6) is 0.708. The average molecular weight is 443 g/mol. The number of hydrogen-bond donors (Lipinski definition) is 1. The van der Waals surface area contributed by atoms with Crippen LogP contribution in [0.3, 0.4) is 0 Å². The van der Waals surface area contributed by atoms with Crippen molar-refractivity contribution in [3.8, 4) is 28.1 Å². The van der Waals surface area contributed by atoms with E-state index in [1.54, 1.807) is 18.4 Å². The number of amides is 1. The Labute approximate surface area is 192 Å². The number of hydrogen-bond acceptors (Lipinski definition) is 4. The molecule has 1 aromatic heterocycles. The Morgan fingerprint density at radius 1 is 0.906 bits per heavy atom. The molecule has 5 heteroatoms. The van der Waals surface area contributed by atoms with Gasteiger partial charge in [-0.25, -0.2) is 4.98 Å². The van der Waals surface area contributed by atoms with Crippen molar-refractivity contribution in [1.29, 1.82) is 0 Å². The quantitative estimate of drug-likeness (QED) is 0.334. The lowest BCUT2D eigenvalue weighted by molar-refractivity contribution is -0.115. The van der Waals surface area contributed by atoms with Gasteiger partial charge in [-0.1, -0.05) is 80.1 Å². The van der Waals surface area contributed by atoms with E-state index in [9.17, 15) is 4.79 Å². The Bertz CT molecular complexity index is 1170. The minimum absolute atomic E-state index is 0.0714. The zero-order valence-corrected chi connectivity index (χ0v) is 19.1. The first-order valence-corrected chi connectivity index (χ1v) is 11.6. The molecule has 3 aromatic carbocycles. The Morgan fingerprint density at radius 2 is 1.56 bits per heavy atom. The van der Waals surface area contributed by atoms with Gasteiger partial charge in [-0.2, -0.15) is 0 Å². The highest BCUT2D eigenvalue weighted by atomic mass is 32.1. The van der Waals surface area contributed by atoms with E-state index in [0.717, 1.165) is 35.4 Å². The maximum Gasteiger partial charge on any atom is 0.230 e. The van der Waals surface area contributed by atoms with Crippen LogP contribution in [0.2, 0.25) is 0 Å². The molecule has 1 N–H and O–H groups in total. The molecule has 4 nitrogen and oxygen atoms in total. The molecule has 162 valence electrons. The number of nitrogens with one attached hydrogen (secondary N) is 1. The van der Waals surface area contributed by atoms with Gasteiger partial charge in [0.15, 0.2) is 5.13 Å². The first-order chi connectivity index (χ1) is 15.7. The largest absolute Gasteiger partial charge is 0.497 e. The lowest BCUT2D eigenvalue weighted by Crippen LogP contribution is -2.14. The predicted molar refractivity (Wildman–Crippen MR) is 132 cm³/mol. The van der Waals surface area contributed by atoms with Gasteiger partial charge in [-0.15, -0.1) is 11.3 Å². The van der Waals surface area contributed by atoms with Crippen LogP contribution in [0.15, 0.2) is 78.9 Å². The first kappa shape index (κ1) is 21.8. The first-order valence-electron chi connectivity index (χ1n) is 10.7. The molecule has 0 bridgehead atoms. The van der Waals surface area contributed by atoms with Gasteiger partial charge in [-0.3, -0.25) is 4.79 Å². The van der Waals surface area contributed by atoms with Crippen molar-refractivity contribution in [2.24, 2.45) is 0 Å². The smallest absolute Gasteiger partial charge is 0.230 e. The number of anilines is 1. The average Bonchev–Trinajstić information content (AvgIpc) is 3.22. The molecule has 1 amide bonds. The van der Waals surface area contributed by atoms with Crippen LogP contribution < -0.4 is 10.1 Å². The summed E-state index contributed by atoms with van der Waals surface area (Å²) in [5, 5.41) is 3.63. The van der Waals surface area contributed by atoms with Crippen molar-refractivity contribution in [3.05, 3.63) is 89.3 Å². The summed E-state index contributed by atoms with van der Waals surface area (Å²) in [7, 11) is 1.63. The monoisotopic (exact) mass is 442 g/mol. The molecule has 0 saturated carbocycles. The van der Waals surface area contributed by atoms with Crippen molar-refractivity contribution in [3.63, 3.8) is 0 Å². The zero-order chi connectivity index (χ0) is 22.3. The number of aromatic nitrogens is 1. The minimum Gasteiger partial charge on any atom is -0.497 e. The molecule has 0 saturated heterocycles. The lowest BCUT2D eigenvalue weighted by Gasteiger charge is -2.05. The van der Waals surface area contributed by atoms with Crippen molar-refractivity contribution in [1.82, 2.24) is 4.98 Å². The third-order valence-electron chi connectivity index (χ3n) is 5.21. The Morgan fingerprint density at radius 3 is 2.22 bits per heavy atom. The van der Waals surface area contributed by atoms with Gasteiger partial charge in [0, 0.05) is 10.4 Å². The van der Waals surface area contributed by atoms with Gasteiger partial charge in [0.1, 0.15) is 5.75 Å². The number of ether oxygens (including phenoxy) is 1. The molecule has 4 aromatic rings. The summed E-state index contributed by atoms with van der Waals surface area (Å²) >= 11 is 1.56. The molecule has 0 unspecified atom stereocenters. The fraction of sp³-hybridized carbons (Fsp3) is 0.185. The van der Waals surface area contributed by atoms with E-state index in [1.165, 1.54) is 16.0 Å². The second-order valence-corrected chi connectivity index (χ2v) is 8.64. The van der Waals surface area contributed by atoms with Gasteiger partial charge in [0.25, 0.3) is 0 Å². The molecule has 0 spiro atoms. The van der Waals surface area contributed by atoms with Crippen LogP contribution in [-0.2, 0) is 17.6 Å². The number of benzene rings is 3. The summed E-state index contributed by atoms with van der Waals surface area (Å²) in [6.07, 6.45) is 2.26. The number of aryl methyl sites for hydroxylation is 1. The molecule has 0 aliphatic rings. The van der Waals surface area contributed by atoms with E-state index in [-0.39, 0.29) is 5.91 Å². The predicted octanol–water partition coefficient (Wildman–Crippen LogP) is 6.62. The number of nitrogens with zero attached hydrogens (tertiary/aromatic N) is 1. The molecule has 0 radical (unpaired) electrons. The van der Waals surface area contributed by atoms with Crippen LogP contribution in [0, 0.1) is 0 Å². The summed E-state index contributed by atoms with van der Waals surface area (Å²) in [4.78, 5) is 18.5. The molecule has 0 fully saturated rings. The van der Waals surface area contributed by atoms with Gasteiger partial charge in [0.05, 0.1) is 19.2 Å². The highest BCUT2D eigenvalue weighted by molar-refractivity contribution is 7.16. The number of methoxy groups -OCH3 is 1. The molecule has 0 aliphatic heterocycles. The van der Waals surface area contributed by atoms with Gasteiger partial charge in [-0.05, 0) is 35.2 Å². The van der Waals surface area contributed by atoms with Crippen molar-refractivity contribution in [2.45, 2.75) is 26.2 Å². The lowest BCUT2D eigenvalue weighted by atomic mass is 10.0. The number of carbonyl (C=O) groups is 1. The third kappa shape index (κ3) is 5.24. The second-order valence-electron chi connectivity index (χ2n) is 7.56. The molecular weight excluding hydrogens is 416 g/mol. The summed E-state index contributed by atoms with van der Waals surface area (Å²) in [5.41, 5.74) is 5.33. The Balaban J connectivity index is 1.51. The van der Waals surface area contributed by atoms with E-state index in [1.807, 2.05) is 42.5 Å². The number of thiazole rings is 1. The maximum atomic E-state index is 12.6. The fourth-order valence-corrected chi connectivity index (χ4v) is 4.67. The van der Waals surface area contributed by atoms with E-state index < -0.39 is 0 Å². The van der Waals surface area contributed by atoms with Gasteiger partial charge < -0.3 is 10.1 Å². The van der Waals surface area contributed by atoms with Crippen molar-refractivity contribution < 1.29 is 9.53 Å². The van der Waals surface area contributed by atoms with E-state index in [0.29, 0.717) is 11.6 Å². The molecule has 1 heterocycles. The van der Waals surface area contributed by atoms with Crippen LogP contribution >= 0.6 is 11.3 Å². The number of rotatable bonds is 8. The van der Waals surface area contributed by atoms with Crippen LogP contribution in [0.5, 0.6) is 5.75 Å².